The number of nitrogens with one attached hydrogen (secondary N) is 3. The van der Waals surface area contributed by atoms with Crippen molar-refractivity contribution in [3.63, 3.8) is 0 Å². The van der Waals surface area contributed by atoms with Crippen LogP contribution in [0.5, 0.6) is 0 Å². The smallest absolute Gasteiger partial charge is 0.333 e. The van der Waals surface area contributed by atoms with Crippen LogP contribution in [-0.4, -0.2) is 58.4 Å². The molecule has 0 radical (unpaired) electrons. The van der Waals surface area contributed by atoms with E-state index in [4.69, 9.17) is 9.05 Å². The maximum atomic E-state index is 12.6. The standard InChI is InChI=1S/C16H25N4O6P/c1-2-25-27(24,26-6-4-3-5-21)10-13(22)9-17-7-12-8-18-15-14(12)19-11-20-16(15)23/h5,8,11,13,17-18,22H,2-4,6-7,9-10H2,1H3,(H,19,20,23)/t13-,27?/m1/s1. The van der Waals surface area contributed by atoms with Crippen molar-refractivity contribution in [2.45, 2.75) is 32.4 Å². The van der Waals surface area contributed by atoms with Crippen LogP contribution in [0.3, 0.4) is 0 Å². The lowest BCUT2D eigenvalue weighted by molar-refractivity contribution is -0.108. The molecule has 2 aromatic rings. The van der Waals surface area contributed by atoms with E-state index in [2.05, 4.69) is 20.3 Å². The average Bonchev–Trinajstić information content (AvgIpc) is 3.03. The van der Waals surface area contributed by atoms with E-state index in [-0.39, 0.29) is 31.5 Å². The summed E-state index contributed by atoms with van der Waals surface area (Å²) < 4.78 is 23.1. The van der Waals surface area contributed by atoms with Gasteiger partial charge < -0.3 is 34.2 Å². The summed E-state index contributed by atoms with van der Waals surface area (Å²) in [5.74, 6) is 0. The third-order valence-corrected chi connectivity index (χ3v) is 5.85. The van der Waals surface area contributed by atoms with Gasteiger partial charge in [-0.15, -0.1) is 0 Å². The van der Waals surface area contributed by atoms with E-state index in [0.29, 0.717) is 30.4 Å². The maximum Gasteiger partial charge on any atom is 0.333 e. The molecule has 1 unspecified atom stereocenters. The summed E-state index contributed by atoms with van der Waals surface area (Å²) in [7, 11) is -3.43. The molecule has 2 atom stereocenters. The van der Waals surface area contributed by atoms with Crippen LogP contribution in [0.25, 0.3) is 11.0 Å². The van der Waals surface area contributed by atoms with Gasteiger partial charge in [-0.1, -0.05) is 0 Å². The summed E-state index contributed by atoms with van der Waals surface area (Å²) >= 11 is 0. The fraction of sp³-hybridized carbons (Fsp3) is 0.562. The summed E-state index contributed by atoms with van der Waals surface area (Å²) in [6, 6.07) is 0. The highest BCUT2D eigenvalue weighted by molar-refractivity contribution is 7.53. The van der Waals surface area contributed by atoms with Crippen LogP contribution < -0.4 is 10.9 Å². The number of aldehydes is 1. The van der Waals surface area contributed by atoms with Crippen LogP contribution in [0.4, 0.5) is 0 Å². The van der Waals surface area contributed by atoms with E-state index in [1.165, 1.54) is 6.33 Å². The van der Waals surface area contributed by atoms with Crippen LogP contribution in [-0.2, 0) is 25.0 Å². The van der Waals surface area contributed by atoms with Gasteiger partial charge in [0.2, 0.25) is 0 Å². The van der Waals surface area contributed by atoms with Gasteiger partial charge in [-0.2, -0.15) is 0 Å². The summed E-state index contributed by atoms with van der Waals surface area (Å²) in [6.45, 7) is 2.54. The molecule has 0 saturated carbocycles. The fourth-order valence-electron chi connectivity index (χ4n) is 2.55. The summed E-state index contributed by atoms with van der Waals surface area (Å²) in [5, 5.41) is 13.2. The number of fused-ring (bicyclic) bond motifs is 1. The highest BCUT2D eigenvalue weighted by Gasteiger charge is 2.27. The molecule has 2 aromatic heterocycles. The number of nitrogens with zero attached hydrogens (tertiary/aromatic N) is 1. The first kappa shape index (κ1) is 21.5. The Hall–Kier alpha value is -1.84. The molecule has 4 N–H and O–H groups in total. The Morgan fingerprint density at radius 2 is 2.22 bits per heavy atom. The predicted molar refractivity (Wildman–Crippen MR) is 99.8 cm³/mol. The van der Waals surface area contributed by atoms with Gasteiger partial charge >= 0.3 is 7.60 Å². The SMILES string of the molecule is CCOP(=O)(C[C@H](O)CNCc1c[nH]c2c(=O)[nH]cnc12)OCCCC=O. The zero-order valence-corrected chi connectivity index (χ0v) is 16.0. The van der Waals surface area contributed by atoms with Crippen LogP contribution >= 0.6 is 7.60 Å². The minimum absolute atomic E-state index is 0.131. The lowest BCUT2D eigenvalue weighted by atomic mass is 10.3. The fourth-order valence-corrected chi connectivity index (χ4v) is 4.28. The number of hydrogen-bond donors (Lipinski definition) is 4. The molecule has 0 amide bonds. The summed E-state index contributed by atoms with van der Waals surface area (Å²) in [4.78, 5) is 31.5. The number of aromatic amines is 2. The highest BCUT2D eigenvalue weighted by Crippen LogP contribution is 2.48. The molecule has 0 fully saturated rings. The molecular formula is C16H25N4O6P. The van der Waals surface area contributed by atoms with Crippen molar-refractivity contribution in [3.05, 3.63) is 28.4 Å². The average molecular weight is 400 g/mol. The molecule has 10 nitrogen and oxygen atoms in total. The Morgan fingerprint density at radius 3 is 2.96 bits per heavy atom. The molecular weight excluding hydrogens is 375 g/mol. The van der Waals surface area contributed by atoms with E-state index in [9.17, 15) is 19.3 Å². The van der Waals surface area contributed by atoms with Crippen molar-refractivity contribution < 1.29 is 23.5 Å². The van der Waals surface area contributed by atoms with Gasteiger partial charge in [-0.05, 0) is 13.3 Å². The van der Waals surface area contributed by atoms with Gasteiger partial charge in [0.25, 0.3) is 5.56 Å². The Morgan fingerprint density at radius 1 is 1.41 bits per heavy atom. The highest BCUT2D eigenvalue weighted by atomic mass is 31.2. The van der Waals surface area contributed by atoms with Crippen LogP contribution in [0.1, 0.15) is 25.3 Å². The number of aromatic nitrogens is 3. The van der Waals surface area contributed by atoms with Gasteiger partial charge in [0.15, 0.2) is 0 Å². The number of carbonyl (C=O) groups is 1. The second-order valence-electron chi connectivity index (χ2n) is 5.91. The minimum Gasteiger partial charge on any atom is -0.391 e. The lowest BCUT2D eigenvalue weighted by Crippen LogP contribution is -2.29. The second-order valence-corrected chi connectivity index (χ2v) is 8.01. The van der Waals surface area contributed by atoms with Crippen LogP contribution in [0, 0.1) is 0 Å². The van der Waals surface area contributed by atoms with Crippen molar-refractivity contribution in [1.29, 1.82) is 0 Å². The molecule has 0 bridgehead atoms. The predicted octanol–water partition coefficient (Wildman–Crippen LogP) is 0.927. The number of carbonyl (C=O) groups excluding carboxylic acids is 1. The monoisotopic (exact) mass is 400 g/mol. The van der Waals surface area contributed by atoms with Gasteiger partial charge in [0.1, 0.15) is 11.8 Å². The summed E-state index contributed by atoms with van der Waals surface area (Å²) in [6.07, 6.45) is 3.43. The second kappa shape index (κ2) is 10.5. The van der Waals surface area contributed by atoms with Crippen molar-refractivity contribution in [1.82, 2.24) is 20.3 Å². The number of rotatable bonds is 13. The maximum absolute atomic E-state index is 12.6. The minimum atomic E-state index is -3.43. The topological polar surface area (TPSA) is 146 Å². The normalized spacial score (nSPS) is 14.9. The Balaban J connectivity index is 1.85. The number of H-pyrrole nitrogens is 2. The van der Waals surface area contributed by atoms with E-state index in [1.54, 1.807) is 13.1 Å². The number of aliphatic hydroxyl groups is 1. The van der Waals surface area contributed by atoms with Crippen molar-refractivity contribution >= 4 is 24.9 Å². The van der Waals surface area contributed by atoms with Crippen LogP contribution in [0.15, 0.2) is 17.3 Å². The molecule has 0 saturated heterocycles. The van der Waals surface area contributed by atoms with Gasteiger partial charge in [0, 0.05) is 31.3 Å². The largest absolute Gasteiger partial charge is 0.391 e. The van der Waals surface area contributed by atoms with Gasteiger partial charge in [-0.3, -0.25) is 9.36 Å². The van der Waals surface area contributed by atoms with Crippen molar-refractivity contribution in [2.24, 2.45) is 0 Å². The molecule has 0 aliphatic heterocycles. The zero-order valence-electron chi connectivity index (χ0n) is 15.1. The first-order valence-electron chi connectivity index (χ1n) is 8.73. The van der Waals surface area contributed by atoms with Crippen LogP contribution in [0.2, 0.25) is 0 Å². The third-order valence-electron chi connectivity index (χ3n) is 3.76. The Kier molecular flexibility index (Phi) is 8.33. The number of unbranched alkanes of at least 4 members (excludes halogenated alkanes) is 1. The summed E-state index contributed by atoms with van der Waals surface area (Å²) in [5.41, 5.74) is 1.47. The molecule has 2 rings (SSSR count). The molecule has 0 aromatic carbocycles. The first-order valence-corrected chi connectivity index (χ1v) is 10.5. The van der Waals surface area contributed by atoms with Gasteiger partial charge in [0.05, 0.1) is 37.3 Å². The number of aliphatic hydroxyl groups excluding tert-OH is 1. The Labute approximate surface area is 156 Å². The molecule has 0 spiro atoms. The van der Waals surface area contributed by atoms with E-state index >= 15 is 0 Å². The zero-order chi connectivity index (χ0) is 19.7. The Bertz CT molecular complexity index is 836. The van der Waals surface area contributed by atoms with E-state index in [1.807, 2.05) is 0 Å². The molecule has 0 aliphatic rings. The molecule has 150 valence electrons. The van der Waals surface area contributed by atoms with E-state index < -0.39 is 13.7 Å². The lowest BCUT2D eigenvalue weighted by Gasteiger charge is -2.20. The first-order chi connectivity index (χ1) is 13.0. The van der Waals surface area contributed by atoms with E-state index in [0.717, 1.165) is 11.8 Å². The molecule has 27 heavy (non-hydrogen) atoms. The third kappa shape index (κ3) is 6.37. The van der Waals surface area contributed by atoms with Gasteiger partial charge in [-0.25, -0.2) is 4.98 Å². The van der Waals surface area contributed by atoms with Crippen molar-refractivity contribution in [2.75, 3.05) is 25.9 Å². The molecule has 2 heterocycles. The quantitative estimate of drug-likeness (QED) is 0.221. The number of hydrogen-bond acceptors (Lipinski definition) is 8. The molecule has 11 heteroatoms. The molecule has 0 aliphatic carbocycles. The van der Waals surface area contributed by atoms with Crippen molar-refractivity contribution in [3.8, 4) is 0 Å².